The van der Waals surface area contributed by atoms with Crippen molar-refractivity contribution in [2.45, 2.75) is 182 Å². The van der Waals surface area contributed by atoms with Crippen LogP contribution in [0.15, 0.2) is 150 Å². The smallest absolute Gasteiger partial charge is 0.252 e. The minimum absolute atomic E-state index is 0.000307. The van der Waals surface area contributed by atoms with Gasteiger partial charge in [-0.1, -0.05) is 178 Å². The highest BCUT2D eigenvalue weighted by Crippen LogP contribution is 2.55. The van der Waals surface area contributed by atoms with Crippen molar-refractivity contribution in [1.82, 2.24) is 0 Å². The Balaban J connectivity index is 1.13. The van der Waals surface area contributed by atoms with Crippen LogP contribution < -0.4 is 31.1 Å². The van der Waals surface area contributed by atoms with E-state index in [0.29, 0.717) is 0 Å². The fourth-order valence-electron chi connectivity index (χ4n) is 15.1. The topological polar surface area (TPSA) is 22.9 Å². The molecule has 1 aromatic heterocycles. The molecule has 0 unspecified atom stereocenters. The molecule has 0 atom stereocenters. The number of fused-ring (bicyclic) bond motifs is 9. The van der Waals surface area contributed by atoms with E-state index in [2.05, 4.69) is 285 Å². The maximum absolute atomic E-state index is 6.98. The molecule has 13 rings (SSSR count). The van der Waals surface area contributed by atoms with Crippen molar-refractivity contribution >= 4 is 96.2 Å². The molecule has 0 saturated carbocycles. The molecule has 4 aliphatic rings. The van der Waals surface area contributed by atoms with Gasteiger partial charge in [-0.05, 0) is 210 Å². The van der Waals surface area contributed by atoms with Crippen LogP contribution in [0.5, 0.6) is 0 Å². The Kier molecular flexibility index (Phi) is 11.5. The van der Waals surface area contributed by atoms with E-state index in [9.17, 15) is 0 Å². The average Bonchev–Trinajstić information content (AvgIpc) is 2.08. The summed E-state index contributed by atoms with van der Waals surface area (Å²) in [6.07, 6.45) is 3.44. The molecule has 0 spiro atoms. The Bertz CT molecular complexity index is 3990. The Hall–Kier alpha value is -6.98. The molecule has 2 aliphatic heterocycles. The molecule has 0 saturated heterocycles. The zero-order chi connectivity index (χ0) is 57.5. The lowest BCUT2D eigenvalue weighted by Gasteiger charge is -2.46. The van der Waals surface area contributed by atoms with Crippen molar-refractivity contribution in [2.24, 2.45) is 0 Å². The molecule has 0 fully saturated rings. The second kappa shape index (κ2) is 17.5. The van der Waals surface area contributed by atoms with Gasteiger partial charge in [-0.2, -0.15) is 0 Å². The fraction of sp³-hybridized carbons (Fsp3) is 0.368. The van der Waals surface area contributed by atoms with E-state index < -0.39 is 0 Å². The van der Waals surface area contributed by atoms with Crippen LogP contribution in [0, 0.1) is 6.92 Å². The highest BCUT2D eigenvalue weighted by molar-refractivity contribution is 7.00. The molecule has 0 amide bonds. The third-order valence-corrected chi connectivity index (χ3v) is 19.6. The van der Waals surface area contributed by atoms with E-state index in [1.165, 1.54) is 95.8 Å². The van der Waals surface area contributed by atoms with Crippen LogP contribution in [-0.2, 0) is 37.9 Å². The second-order valence-corrected chi connectivity index (χ2v) is 30.6. The Morgan fingerprint density at radius 1 is 0.432 bits per heavy atom. The zero-order valence-electron chi connectivity index (χ0n) is 51.8. The van der Waals surface area contributed by atoms with E-state index in [1.807, 2.05) is 0 Å². The van der Waals surface area contributed by atoms with Crippen LogP contribution in [0.25, 0.3) is 21.9 Å². The van der Waals surface area contributed by atoms with Crippen LogP contribution >= 0.6 is 0 Å². The van der Waals surface area contributed by atoms with Gasteiger partial charge in [0, 0.05) is 50.9 Å². The molecule has 0 radical (unpaired) electrons. The van der Waals surface area contributed by atoms with E-state index in [0.717, 1.165) is 57.5 Å². The summed E-state index contributed by atoms with van der Waals surface area (Å²) in [6, 6.07) is 57.4. The van der Waals surface area contributed by atoms with Crippen LogP contribution in [0.3, 0.4) is 0 Å². The van der Waals surface area contributed by atoms with Crippen LogP contribution in [-0.4, -0.2) is 6.71 Å². The third-order valence-electron chi connectivity index (χ3n) is 19.6. The van der Waals surface area contributed by atoms with Crippen LogP contribution in [0.4, 0.5) is 51.2 Å². The summed E-state index contributed by atoms with van der Waals surface area (Å²) in [6.45, 7) is 42.6. The first kappa shape index (κ1) is 53.3. The zero-order valence-corrected chi connectivity index (χ0v) is 51.8. The van der Waals surface area contributed by atoms with Crippen molar-refractivity contribution in [3.8, 4) is 0 Å². The minimum atomic E-state index is -0.0554. The van der Waals surface area contributed by atoms with Gasteiger partial charge in [-0.3, -0.25) is 0 Å². The van der Waals surface area contributed by atoms with Gasteiger partial charge in [0.1, 0.15) is 11.2 Å². The summed E-state index contributed by atoms with van der Waals surface area (Å²) in [5, 5.41) is 2.25. The van der Waals surface area contributed by atoms with Crippen molar-refractivity contribution in [1.29, 1.82) is 0 Å². The van der Waals surface area contributed by atoms with E-state index in [4.69, 9.17) is 4.42 Å². The summed E-state index contributed by atoms with van der Waals surface area (Å²) in [5.74, 6) is 0. The maximum atomic E-state index is 6.98. The van der Waals surface area contributed by atoms with Gasteiger partial charge in [0.25, 0.3) is 6.71 Å². The number of hydrogen-bond donors (Lipinski definition) is 0. The van der Waals surface area contributed by atoms with Gasteiger partial charge in [0.2, 0.25) is 0 Å². The van der Waals surface area contributed by atoms with Gasteiger partial charge in [-0.25, -0.2) is 0 Å². The summed E-state index contributed by atoms with van der Waals surface area (Å²) >= 11 is 0. The summed E-state index contributed by atoms with van der Waals surface area (Å²) in [5.41, 5.74) is 27.6. The molecule has 2 aliphatic carbocycles. The lowest BCUT2D eigenvalue weighted by molar-refractivity contribution is 0.332. The van der Waals surface area contributed by atoms with Crippen molar-refractivity contribution in [2.75, 3.05) is 14.7 Å². The molecule has 0 bridgehead atoms. The standard InChI is InChI=1S/C76H84BN3O/c1-46-38-64-69-65(39-46)80(61-20-19-21-66-68(61)54-33-26-49(72(8,9)10)40-67(54)81-66)62-42-53(78(50-27-22-47(23-28-50)70(2,3)4)51-29-24-48(25-30-51)71(5,6)7)32-35-59(62)77(69)60-43-57-58(76(17,18)45-75(57,15)16)44-63(60)79(64)52-31-34-55-56(41-52)74(13,14)37-36-73(55,11)12/h19-35,38-44H,36-37,45H2,1-18H3. The minimum Gasteiger partial charge on any atom is -0.456 e. The van der Waals surface area contributed by atoms with Crippen molar-refractivity contribution < 1.29 is 4.42 Å². The lowest BCUT2D eigenvalue weighted by atomic mass is 9.33. The predicted molar refractivity (Wildman–Crippen MR) is 349 cm³/mol. The molecule has 9 aromatic rings. The van der Waals surface area contributed by atoms with E-state index >= 15 is 0 Å². The van der Waals surface area contributed by atoms with Crippen molar-refractivity contribution in [3.05, 3.63) is 190 Å². The number of benzene rings is 8. The monoisotopic (exact) mass is 1070 g/mol. The highest BCUT2D eigenvalue weighted by Gasteiger charge is 2.49. The summed E-state index contributed by atoms with van der Waals surface area (Å²) < 4.78 is 6.98. The SMILES string of the molecule is Cc1cc2c3c(c1)N(c1cccc4oc5cc(C(C)(C)C)ccc5c14)c1cc(N(c4ccc(C(C)(C)C)cc4)c4ccc(C(C)(C)C)cc4)ccc1B3c1cc3c(cc1N2c1ccc2c(c1)C(C)(C)CCC2(C)C)C(C)(C)CC3(C)C. The fourth-order valence-corrected chi connectivity index (χ4v) is 15.1. The maximum Gasteiger partial charge on any atom is 0.252 e. The highest BCUT2D eigenvalue weighted by atomic mass is 16.3. The molecule has 412 valence electrons. The molecule has 81 heavy (non-hydrogen) atoms. The van der Waals surface area contributed by atoms with Gasteiger partial charge in [-0.15, -0.1) is 0 Å². The quantitative estimate of drug-likeness (QED) is 0.160. The Labute approximate surface area is 484 Å². The van der Waals surface area contributed by atoms with Gasteiger partial charge >= 0.3 is 0 Å². The van der Waals surface area contributed by atoms with E-state index in [1.54, 1.807) is 0 Å². The number of aryl methyl sites for hydroxylation is 1. The molecular weight excluding hydrogens is 982 g/mol. The first-order chi connectivity index (χ1) is 37.9. The normalized spacial score (nSPS) is 17.4. The van der Waals surface area contributed by atoms with E-state index in [-0.39, 0.29) is 44.6 Å². The summed E-state index contributed by atoms with van der Waals surface area (Å²) in [4.78, 5) is 7.78. The second-order valence-electron chi connectivity index (χ2n) is 30.6. The van der Waals surface area contributed by atoms with Crippen LogP contribution in [0.2, 0.25) is 0 Å². The van der Waals surface area contributed by atoms with Gasteiger partial charge in [0.15, 0.2) is 0 Å². The predicted octanol–water partition coefficient (Wildman–Crippen LogP) is 19.6. The number of rotatable bonds is 5. The first-order valence-electron chi connectivity index (χ1n) is 30.1. The molecule has 0 N–H and O–H groups in total. The molecule has 4 nitrogen and oxygen atoms in total. The molecule has 5 heteroatoms. The molecular formula is C76H84BN3O. The molecule has 3 heterocycles. The largest absolute Gasteiger partial charge is 0.456 e. The Morgan fingerprint density at radius 2 is 0.963 bits per heavy atom. The number of anilines is 9. The number of hydrogen-bond acceptors (Lipinski definition) is 4. The number of nitrogens with zero attached hydrogens (tertiary/aromatic N) is 3. The van der Waals surface area contributed by atoms with Gasteiger partial charge < -0.3 is 19.1 Å². The van der Waals surface area contributed by atoms with Gasteiger partial charge in [0.05, 0.1) is 11.1 Å². The first-order valence-corrected chi connectivity index (χ1v) is 30.1. The third kappa shape index (κ3) is 8.43. The number of furan rings is 1. The Morgan fingerprint density at radius 3 is 1.57 bits per heavy atom. The lowest BCUT2D eigenvalue weighted by Crippen LogP contribution is -2.61. The van der Waals surface area contributed by atoms with Crippen LogP contribution in [0.1, 0.15) is 181 Å². The molecule has 8 aromatic carbocycles. The summed E-state index contributed by atoms with van der Waals surface area (Å²) in [7, 11) is 0. The van der Waals surface area contributed by atoms with Crippen molar-refractivity contribution in [3.63, 3.8) is 0 Å². The average molecular weight is 1070 g/mol.